The van der Waals surface area contributed by atoms with Crippen molar-refractivity contribution in [2.24, 2.45) is 7.05 Å². The largest absolute Gasteiger partial charge is 0.376 e. The zero-order valence-electron chi connectivity index (χ0n) is 21.6. The summed E-state index contributed by atoms with van der Waals surface area (Å²) in [5.74, 6) is 0.238. The molecule has 1 aromatic carbocycles. The van der Waals surface area contributed by atoms with Crippen LogP contribution in [0.2, 0.25) is 0 Å². The number of hydrogen-bond donors (Lipinski definition) is 3. The molecular formula is C25H31FN10O. The van der Waals surface area contributed by atoms with E-state index in [1.54, 1.807) is 6.07 Å². The molecule has 2 aliphatic rings. The van der Waals surface area contributed by atoms with E-state index in [1.165, 1.54) is 19.3 Å². The first-order valence-corrected chi connectivity index (χ1v) is 12.3. The number of tetrazole rings is 1. The van der Waals surface area contributed by atoms with Gasteiger partial charge in [0.1, 0.15) is 11.6 Å². The zero-order valence-corrected chi connectivity index (χ0v) is 21.6. The molecule has 3 N–H and O–H groups in total. The average Bonchev–Trinajstić information content (AvgIpc) is 3.56. The molecule has 11 nitrogen and oxygen atoms in total. The Morgan fingerprint density at radius 3 is 2.46 bits per heavy atom. The van der Waals surface area contributed by atoms with Crippen LogP contribution in [0.3, 0.4) is 0 Å². The van der Waals surface area contributed by atoms with Gasteiger partial charge in [0.05, 0.1) is 12.3 Å². The van der Waals surface area contributed by atoms with Crippen LogP contribution in [-0.4, -0.2) is 46.9 Å². The summed E-state index contributed by atoms with van der Waals surface area (Å²) in [5.41, 5.74) is 0.842. The standard InChI is InChI=1S/C25H31FN10O/c1-24(2)11-16(12-25(3,4)32-24)29-21-18(27-5)13-28-22(31-21)30-15-9-17(26)20(14-7-8-14)19(10-15)36-23(37)35(6)33-34-36/h9-10,13-14,16,32H,7-8,11-12H2,1-4,6H3,(H2,28,29,30,31). The summed E-state index contributed by atoms with van der Waals surface area (Å²) in [6.45, 7) is 16.2. The molecule has 0 radical (unpaired) electrons. The van der Waals surface area contributed by atoms with Gasteiger partial charge in [-0.25, -0.2) is 24.0 Å². The van der Waals surface area contributed by atoms with Gasteiger partial charge in [0.2, 0.25) is 11.6 Å². The van der Waals surface area contributed by atoms with Crippen molar-refractivity contribution in [3.63, 3.8) is 0 Å². The first-order chi connectivity index (χ1) is 17.4. The lowest BCUT2D eigenvalue weighted by Crippen LogP contribution is -2.60. The van der Waals surface area contributed by atoms with E-state index < -0.39 is 11.5 Å². The van der Waals surface area contributed by atoms with E-state index in [-0.39, 0.29) is 29.0 Å². The Morgan fingerprint density at radius 1 is 1.16 bits per heavy atom. The van der Waals surface area contributed by atoms with Crippen molar-refractivity contribution in [2.45, 2.75) is 76.4 Å². The van der Waals surface area contributed by atoms with Crippen LogP contribution in [0, 0.1) is 12.4 Å². The van der Waals surface area contributed by atoms with Gasteiger partial charge >= 0.3 is 5.69 Å². The van der Waals surface area contributed by atoms with E-state index in [4.69, 9.17) is 6.57 Å². The number of anilines is 3. The number of rotatable bonds is 6. The Bertz CT molecular complexity index is 1430. The molecule has 0 spiro atoms. The van der Waals surface area contributed by atoms with Gasteiger partial charge in [0, 0.05) is 41.6 Å². The molecule has 1 saturated heterocycles. The monoisotopic (exact) mass is 506 g/mol. The number of aromatic nitrogens is 6. The molecule has 12 heteroatoms. The van der Waals surface area contributed by atoms with Crippen LogP contribution in [-0.2, 0) is 7.05 Å². The Hall–Kier alpha value is -3.85. The van der Waals surface area contributed by atoms with E-state index in [2.05, 4.69) is 68.9 Å². The van der Waals surface area contributed by atoms with Crippen LogP contribution >= 0.6 is 0 Å². The highest BCUT2D eigenvalue weighted by molar-refractivity contribution is 5.68. The van der Waals surface area contributed by atoms with Crippen LogP contribution < -0.4 is 21.6 Å². The number of nitrogens with one attached hydrogen (secondary N) is 3. The van der Waals surface area contributed by atoms with Crippen LogP contribution in [0.15, 0.2) is 23.1 Å². The van der Waals surface area contributed by atoms with Crippen LogP contribution in [0.1, 0.15) is 64.9 Å². The second kappa shape index (κ2) is 8.92. The maximum Gasteiger partial charge on any atom is 0.368 e. The number of hydrogen-bond acceptors (Lipinski definition) is 8. The summed E-state index contributed by atoms with van der Waals surface area (Å²) in [5, 5.41) is 17.8. The Morgan fingerprint density at radius 2 is 1.86 bits per heavy atom. The van der Waals surface area contributed by atoms with Crippen LogP contribution in [0.25, 0.3) is 10.5 Å². The molecule has 2 aromatic heterocycles. The van der Waals surface area contributed by atoms with Crippen molar-refractivity contribution in [3.05, 3.63) is 51.6 Å². The van der Waals surface area contributed by atoms with E-state index in [9.17, 15) is 4.79 Å². The normalized spacial score (nSPS) is 18.8. The fourth-order valence-electron chi connectivity index (χ4n) is 5.46. The third-order valence-corrected chi connectivity index (χ3v) is 6.72. The van der Waals surface area contributed by atoms with Gasteiger partial charge < -0.3 is 16.0 Å². The molecule has 5 rings (SSSR count). The van der Waals surface area contributed by atoms with Gasteiger partial charge in [-0.05, 0) is 81.9 Å². The maximum atomic E-state index is 15.3. The van der Waals surface area contributed by atoms with Gasteiger partial charge in [-0.2, -0.15) is 9.36 Å². The molecule has 3 aromatic rings. The lowest BCUT2D eigenvalue weighted by Gasteiger charge is -2.46. The minimum atomic E-state index is -0.463. The highest BCUT2D eigenvalue weighted by Crippen LogP contribution is 2.44. The van der Waals surface area contributed by atoms with E-state index in [0.29, 0.717) is 28.4 Å². The highest BCUT2D eigenvalue weighted by Gasteiger charge is 2.38. The Labute approximate surface area is 214 Å². The number of aryl methyl sites for hydroxylation is 1. The van der Waals surface area contributed by atoms with Gasteiger partial charge in [0.25, 0.3) is 0 Å². The number of halogens is 1. The SMILES string of the molecule is [C-]#[N+]c1cnc(Nc2cc(F)c(C3CC3)c(-n3nnn(C)c3=O)c2)nc1NC1CC(C)(C)NC(C)(C)C1. The van der Waals surface area contributed by atoms with Gasteiger partial charge in [0.15, 0.2) is 0 Å². The molecule has 1 saturated carbocycles. The van der Waals surface area contributed by atoms with Crippen molar-refractivity contribution in [1.29, 1.82) is 0 Å². The lowest BCUT2D eigenvalue weighted by atomic mass is 9.79. The predicted molar refractivity (Wildman–Crippen MR) is 138 cm³/mol. The molecule has 2 fully saturated rings. The van der Waals surface area contributed by atoms with Crippen molar-refractivity contribution in [3.8, 4) is 5.69 Å². The smallest absolute Gasteiger partial charge is 0.368 e. The molecular weight excluding hydrogens is 475 g/mol. The number of piperidine rings is 1. The van der Waals surface area contributed by atoms with Crippen LogP contribution in [0.4, 0.5) is 27.5 Å². The summed E-state index contributed by atoms with van der Waals surface area (Å²) < 4.78 is 17.5. The second-order valence-corrected chi connectivity index (χ2v) is 11.3. The summed E-state index contributed by atoms with van der Waals surface area (Å²) in [7, 11) is 1.49. The topological polar surface area (TPSA) is 119 Å². The summed E-state index contributed by atoms with van der Waals surface area (Å²) in [4.78, 5) is 24.9. The molecule has 0 unspecified atom stereocenters. The average molecular weight is 507 g/mol. The summed E-state index contributed by atoms with van der Waals surface area (Å²) >= 11 is 0. The molecule has 3 heterocycles. The summed E-state index contributed by atoms with van der Waals surface area (Å²) in [6.07, 6.45) is 4.86. The van der Waals surface area contributed by atoms with Crippen molar-refractivity contribution >= 4 is 23.1 Å². The Balaban J connectivity index is 1.46. The van der Waals surface area contributed by atoms with Crippen molar-refractivity contribution in [2.75, 3.05) is 10.6 Å². The molecule has 0 atom stereocenters. The van der Waals surface area contributed by atoms with E-state index in [1.807, 2.05) is 0 Å². The van der Waals surface area contributed by atoms with E-state index >= 15 is 4.39 Å². The second-order valence-electron chi connectivity index (χ2n) is 11.3. The predicted octanol–water partition coefficient (Wildman–Crippen LogP) is 3.79. The molecule has 1 aliphatic carbocycles. The van der Waals surface area contributed by atoms with Gasteiger partial charge in [-0.15, -0.1) is 0 Å². The third kappa shape index (κ3) is 5.17. The molecule has 1 aliphatic heterocycles. The third-order valence-electron chi connectivity index (χ3n) is 6.72. The molecule has 194 valence electrons. The molecule has 37 heavy (non-hydrogen) atoms. The minimum Gasteiger partial charge on any atom is -0.376 e. The van der Waals surface area contributed by atoms with E-state index in [0.717, 1.165) is 35.0 Å². The molecule has 0 bridgehead atoms. The van der Waals surface area contributed by atoms with Crippen LogP contribution in [0.5, 0.6) is 0 Å². The summed E-state index contributed by atoms with van der Waals surface area (Å²) in [6, 6.07) is 3.12. The fraction of sp³-hybridized carbons (Fsp3) is 0.520. The Kier molecular flexibility index (Phi) is 5.98. The minimum absolute atomic E-state index is 0.0430. The quantitative estimate of drug-likeness (QED) is 0.432. The molecule has 0 amide bonds. The van der Waals surface area contributed by atoms with Gasteiger partial charge in [-0.1, -0.05) is 0 Å². The lowest BCUT2D eigenvalue weighted by molar-refractivity contribution is 0.170. The number of nitrogens with zero attached hydrogens (tertiary/aromatic N) is 7. The van der Waals surface area contributed by atoms with Crippen molar-refractivity contribution < 1.29 is 4.39 Å². The first kappa shape index (κ1) is 24.8. The van der Waals surface area contributed by atoms with Gasteiger partial charge in [-0.3, -0.25) is 0 Å². The highest BCUT2D eigenvalue weighted by atomic mass is 19.1. The fourth-order valence-corrected chi connectivity index (χ4v) is 5.46. The zero-order chi connectivity index (χ0) is 26.5. The first-order valence-electron chi connectivity index (χ1n) is 12.3. The maximum absolute atomic E-state index is 15.3. The van der Waals surface area contributed by atoms with Crippen molar-refractivity contribution in [1.82, 2.24) is 35.1 Å². The number of benzene rings is 1.